The minimum atomic E-state index is -0.228. The van der Waals surface area contributed by atoms with Gasteiger partial charge in [-0.2, -0.15) is 0 Å². The van der Waals surface area contributed by atoms with E-state index < -0.39 is 0 Å². The molecule has 6 heteroatoms. The van der Waals surface area contributed by atoms with Crippen molar-refractivity contribution in [3.05, 3.63) is 29.4 Å². The van der Waals surface area contributed by atoms with Crippen LogP contribution in [0.25, 0.3) is 10.8 Å². The zero-order valence-electron chi connectivity index (χ0n) is 9.72. The number of rotatable bonds is 4. The van der Waals surface area contributed by atoms with Crippen molar-refractivity contribution in [1.29, 1.82) is 0 Å². The van der Waals surface area contributed by atoms with Crippen molar-refractivity contribution >= 4 is 40.1 Å². The van der Waals surface area contributed by atoms with Gasteiger partial charge in [-0.15, -0.1) is 22.0 Å². The van der Waals surface area contributed by atoms with Gasteiger partial charge in [0.2, 0.25) is 0 Å². The van der Waals surface area contributed by atoms with Gasteiger partial charge < -0.3 is 4.74 Å². The maximum Gasteiger partial charge on any atom is 0.306 e. The van der Waals surface area contributed by atoms with Crippen molar-refractivity contribution in [3.8, 4) is 0 Å². The van der Waals surface area contributed by atoms with Gasteiger partial charge in [0.05, 0.1) is 13.5 Å². The number of halogens is 1. The summed E-state index contributed by atoms with van der Waals surface area (Å²) in [7, 11) is 1.38. The van der Waals surface area contributed by atoms with Crippen molar-refractivity contribution < 1.29 is 9.53 Å². The SMILES string of the molecule is COC(=O)CCSc1nnc(Cl)c2ccccc12. The van der Waals surface area contributed by atoms with Gasteiger partial charge in [-0.25, -0.2) is 0 Å². The van der Waals surface area contributed by atoms with Crippen LogP contribution in [0, 0.1) is 0 Å². The molecule has 0 spiro atoms. The van der Waals surface area contributed by atoms with Gasteiger partial charge in [0, 0.05) is 16.5 Å². The zero-order chi connectivity index (χ0) is 13.0. The molecule has 1 heterocycles. The highest BCUT2D eigenvalue weighted by molar-refractivity contribution is 7.99. The number of hydrogen-bond donors (Lipinski definition) is 0. The molecule has 0 unspecified atom stereocenters. The molecule has 0 N–H and O–H groups in total. The third kappa shape index (κ3) is 2.91. The number of carbonyl (C=O) groups is 1. The molecule has 0 amide bonds. The fraction of sp³-hybridized carbons (Fsp3) is 0.250. The lowest BCUT2D eigenvalue weighted by atomic mass is 10.2. The lowest BCUT2D eigenvalue weighted by molar-refractivity contribution is -0.140. The van der Waals surface area contributed by atoms with E-state index in [2.05, 4.69) is 14.9 Å². The van der Waals surface area contributed by atoms with Gasteiger partial charge in [-0.3, -0.25) is 4.79 Å². The number of aromatic nitrogens is 2. The second kappa shape index (κ2) is 6.02. The molecule has 2 rings (SSSR count). The molecule has 0 atom stereocenters. The van der Waals surface area contributed by atoms with E-state index in [1.807, 2.05) is 24.3 Å². The van der Waals surface area contributed by atoms with Crippen LogP contribution in [0.2, 0.25) is 5.15 Å². The summed E-state index contributed by atoms with van der Waals surface area (Å²) in [6.07, 6.45) is 0.347. The van der Waals surface area contributed by atoms with Gasteiger partial charge in [0.25, 0.3) is 0 Å². The average Bonchev–Trinajstić information content (AvgIpc) is 2.41. The summed E-state index contributed by atoms with van der Waals surface area (Å²) in [4.78, 5) is 11.0. The third-order valence-corrected chi connectivity index (χ3v) is 3.64. The molecule has 0 aliphatic heterocycles. The zero-order valence-corrected chi connectivity index (χ0v) is 11.3. The first-order chi connectivity index (χ1) is 8.72. The number of nitrogens with zero attached hydrogens (tertiary/aromatic N) is 2. The van der Waals surface area contributed by atoms with E-state index in [-0.39, 0.29) is 5.97 Å². The lowest BCUT2D eigenvalue weighted by Gasteiger charge is -2.05. The Bertz CT molecular complexity index is 577. The highest BCUT2D eigenvalue weighted by Crippen LogP contribution is 2.28. The summed E-state index contributed by atoms with van der Waals surface area (Å²) in [5.41, 5.74) is 0. The molecule has 0 saturated carbocycles. The highest BCUT2D eigenvalue weighted by atomic mass is 35.5. The largest absolute Gasteiger partial charge is 0.469 e. The maximum absolute atomic E-state index is 11.0. The predicted molar refractivity (Wildman–Crippen MR) is 71.9 cm³/mol. The van der Waals surface area contributed by atoms with Gasteiger partial charge in [-0.1, -0.05) is 35.9 Å². The van der Waals surface area contributed by atoms with Crippen molar-refractivity contribution in [3.63, 3.8) is 0 Å². The lowest BCUT2D eigenvalue weighted by Crippen LogP contribution is -2.01. The Morgan fingerprint density at radius 3 is 2.78 bits per heavy atom. The van der Waals surface area contributed by atoms with Crippen LogP contribution in [0.5, 0.6) is 0 Å². The Kier molecular flexibility index (Phi) is 4.38. The second-order valence-corrected chi connectivity index (χ2v) is 4.96. The van der Waals surface area contributed by atoms with Crippen LogP contribution in [0.1, 0.15) is 6.42 Å². The van der Waals surface area contributed by atoms with E-state index in [0.29, 0.717) is 17.3 Å². The standard InChI is InChI=1S/C12H11ClN2O2S/c1-17-10(16)6-7-18-12-9-5-3-2-4-8(9)11(13)14-15-12/h2-5H,6-7H2,1H3. The first-order valence-electron chi connectivity index (χ1n) is 5.33. The molecule has 0 aliphatic rings. The van der Waals surface area contributed by atoms with Crippen LogP contribution in [0.3, 0.4) is 0 Å². The molecule has 2 aromatic rings. The predicted octanol–water partition coefficient (Wildman–Crippen LogP) is 2.94. The minimum absolute atomic E-state index is 0.228. The van der Waals surface area contributed by atoms with Gasteiger partial charge >= 0.3 is 5.97 Å². The smallest absolute Gasteiger partial charge is 0.306 e. The van der Waals surface area contributed by atoms with E-state index in [9.17, 15) is 4.79 Å². The summed E-state index contributed by atoms with van der Waals surface area (Å²) in [6, 6.07) is 7.66. The number of hydrogen-bond acceptors (Lipinski definition) is 5. The quantitative estimate of drug-likeness (QED) is 0.637. The first kappa shape index (κ1) is 13.1. The summed E-state index contributed by atoms with van der Waals surface area (Å²) in [5, 5.41) is 11.0. The number of methoxy groups -OCH3 is 1. The molecule has 0 radical (unpaired) electrons. The van der Waals surface area contributed by atoms with Gasteiger partial charge in [0.1, 0.15) is 5.03 Å². The molecule has 94 valence electrons. The average molecular weight is 283 g/mol. The molecule has 18 heavy (non-hydrogen) atoms. The van der Waals surface area contributed by atoms with Crippen molar-refractivity contribution in [2.24, 2.45) is 0 Å². The van der Waals surface area contributed by atoms with Gasteiger partial charge in [0.15, 0.2) is 5.15 Å². The van der Waals surface area contributed by atoms with E-state index in [1.54, 1.807) is 0 Å². The number of esters is 1. The summed E-state index contributed by atoms with van der Waals surface area (Å²) >= 11 is 7.45. The van der Waals surface area contributed by atoms with Crippen LogP contribution in [0.4, 0.5) is 0 Å². The van der Waals surface area contributed by atoms with Crippen LogP contribution in [-0.4, -0.2) is 29.0 Å². The molecule has 4 nitrogen and oxygen atoms in total. The van der Waals surface area contributed by atoms with E-state index >= 15 is 0 Å². The Balaban J connectivity index is 2.18. The Labute approximate surface area is 114 Å². The molecular weight excluding hydrogens is 272 g/mol. The van der Waals surface area contributed by atoms with Gasteiger partial charge in [-0.05, 0) is 0 Å². The number of ether oxygens (including phenoxy) is 1. The normalized spacial score (nSPS) is 10.6. The molecule has 1 aromatic heterocycles. The van der Waals surface area contributed by atoms with Crippen LogP contribution in [0.15, 0.2) is 29.3 Å². The Morgan fingerprint density at radius 2 is 2.06 bits per heavy atom. The van der Waals surface area contributed by atoms with E-state index in [0.717, 1.165) is 15.8 Å². The van der Waals surface area contributed by atoms with Crippen LogP contribution < -0.4 is 0 Å². The number of benzene rings is 1. The molecule has 0 aliphatic carbocycles. The highest BCUT2D eigenvalue weighted by Gasteiger charge is 2.08. The van der Waals surface area contributed by atoms with E-state index in [4.69, 9.17) is 11.6 Å². The van der Waals surface area contributed by atoms with E-state index in [1.165, 1.54) is 18.9 Å². The Morgan fingerprint density at radius 1 is 1.33 bits per heavy atom. The fourth-order valence-electron chi connectivity index (χ4n) is 1.49. The van der Waals surface area contributed by atoms with Crippen molar-refractivity contribution in [2.45, 2.75) is 11.4 Å². The number of thioether (sulfide) groups is 1. The van der Waals surface area contributed by atoms with Crippen LogP contribution in [-0.2, 0) is 9.53 Å². The number of fused-ring (bicyclic) bond motifs is 1. The monoisotopic (exact) mass is 282 g/mol. The summed E-state index contributed by atoms with van der Waals surface area (Å²) in [6.45, 7) is 0. The van der Waals surface area contributed by atoms with Crippen molar-refractivity contribution in [1.82, 2.24) is 10.2 Å². The molecule has 0 saturated heterocycles. The van der Waals surface area contributed by atoms with Crippen molar-refractivity contribution in [2.75, 3.05) is 12.9 Å². The maximum atomic E-state index is 11.0. The Hall–Kier alpha value is -1.33. The number of carbonyl (C=O) groups excluding carboxylic acids is 1. The van der Waals surface area contributed by atoms with Crippen LogP contribution >= 0.6 is 23.4 Å². The molecule has 1 aromatic carbocycles. The molecule has 0 bridgehead atoms. The fourth-order valence-corrected chi connectivity index (χ4v) is 2.58. The first-order valence-corrected chi connectivity index (χ1v) is 6.69. The topological polar surface area (TPSA) is 52.1 Å². The molecular formula is C12H11ClN2O2S. The minimum Gasteiger partial charge on any atom is -0.469 e. The summed E-state index contributed by atoms with van der Waals surface area (Å²) in [5.74, 6) is 0.376. The third-order valence-electron chi connectivity index (χ3n) is 2.38. The molecule has 0 fully saturated rings. The summed E-state index contributed by atoms with van der Waals surface area (Å²) < 4.78 is 4.59. The second-order valence-electron chi connectivity index (χ2n) is 3.52.